The number of halogens is 2. The first-order chi connectivity index (χ1) is 11.6. The molecule has 0 spiro atoms. The topological polar surface area (TPSA) is 58.1 Å². The molecule has 1 aromatic heterocycles. The van der Waals surface area contributed by atoms with Crippen molar-refractivity contribution in [1.82, 2.24) is 15.5 Å². The Hall–Kier alpha value is -2.21. The molecule has 1 fully saturated rings. The van der Waals surface area contributed by atoms with Crippen LogP contribution in [-0.2, 0) is 0 Å². The number of hydrogen-bond acceptors (Lipinski definition) is 4. The number of nitrogens with zero attached hydrogens (tertiary/aromatic N) is 3. The molecule has 5 nitrogen and oxygen atoms in total. The van der Waals surface area contributed by atoms with Gasteiger partial charge in [0.1, 0.15) is 0 Å². The average Bonchev–Trinajstić information content (AvgIpc) is 2.60. The van der Waals surface area contributed by atoms with Crippen LogP contribution in [0.15, 0.2) is 30.5 Å². The summed E-state index contributed by atoms with van der Waals surface area (Å²) in [4.78, 5) is 14.5. The normalized spacial score (nSPS) is 17.6. The van der Waals surface area contributed by atoms with E-state index in [4.69, 9.17) is 11.6 Å². The van der Waals surface area contributed by atoms with Crippen molar-refractivity contribution in [3.8, 4) is 0 Å². The first-order valence-electron chi connectivity index (χ1n) is 7.84. The summed E-state index contributed by atoms with van der Waals surface area (Å²) in [6, 6.07) is 6.75. The van der Waals surface area contributed by atoms with Crippen molar-refractivity contribution in [2.45, 2.75) is 25.8 Å². The fraction of sp³-hybridized carbons (Fsp3) is 0.353. The minimum atomic E-state index is -0.671. The second kappa shape index (κ2) is 7.13. The lowest BCUT2D eigenvalue weighted by Gasteiger charge is -2.33. The molecule has 126 valence electrons. The van der Waals surface area contributed by atoms with Gasteiger partial charge in [0.2, 0.25) is 0 Å². The van der Waals surface area contributed by atoms with Crippen LogP contribution in [0.25, 0.3) is 0 Å². The van der Waals surface area contributed by atoms with E-state index in [0.29, 0.717) is 12.1 Å². The number of amides is 1. The Kier molecular flexibility index (Phi) is 4.94. The largest absolute Gasteiger partial charge is 0.353 e. The molecule has 2 aromatic rings. The Labute approximate surface area is 144 Å². The first kappa shape index (κ1) is 16.6. The zero-order valence-corrected chi connectivity index (χ0v) is 14.1. The maximum Gasteiger partial charge on any atom is 0.254 e. The van der Waals surface area contributed by atoms with Gasteiger partial charge in [0.15, 0.2) is 11.6 Å². The summed E-state index contributed by atoms with van der Waals surface area (Å²) < 4.78 is 14.2. The van der Waals surface area contributed by atoms with Gasteiger partial charge in [-0.1, -0.05) is 17.7 Å². The molecule has 1 atom stereocenters. The smallest absolute Gasteiger partial charge is 0.254 e. The van der Waals surface area contributed by atoms with E-state index in [2.05, 4.69) is 20.4 Å². The number of rotatable bonds is 3. The van der Waals surface area contributed by atoms with Crippen LogP contribution in [0.5, 0.6) is 0 Å². The first-order valence-corrected chi connectivity index (χ1v) is 8.22. The van der Waals surface area contributed by atoms with Gasteiger partial charge in [-0.2, -0.15) is 5.10 Å². The van der Waals surface area contributed by atoms with Crippen molar-refractivity contribution in [2.75, 3.05) is 18.0 Å². The van der Waals surface area contributed by atoms with Gasteiger partial charge >= 0.3 is 0 Å². The van der Waals surface area contributed by atoms with Gasteiger partial charge in [-0.3, -0.25) is 4.79 Å². The van der Waals surface area contributed by atoms with E-state index in [1.165, 1.54) is 6.07 Å². The zero-order valence-electron chi connectivity index (χ0n) is 13.3. The van der Waals surface area contributed by atoms with Gasteiger partial charge in [0, 0.05) is 25.3 Å². The van der Waals surface area contributed by atoms with E-state index in [1.54, 1.807) is 19.2 Å². The summed E-state index contributed by atoms with van der Waals surface area (Å²) in [6.07, 6.45) is 3.37. The molecule has 24 heavy (non-hydrogen) atoms. The van der Waals surface area contributed by atoms with Crippen LogP contribution in [-0.4, -0.2) is 35.2 Å². The van der Waals surface area contributed by atoms with Crippen LogP contribution in [0.3, 0.4) is 0 Å². The van der Waals surface area contributed by atoms with Crippen LogP contribution < -0.4 is 10.2 Å². The van der Waals surface area contributed by atoms with Crippen molar-refractivity contribution < 1.29 is 9.18 Å². The number of hydrogen-bond donors (Lipinski definition) is 1. The molecule has 3 rings (SSSR count). The Balaban J connectivity index is 1.69. The maximum atomic E-state index is 14.2. The lowest BCUT2D eigenvalue weighted by atomic mass is 10.0. The number of aromatic nitrogens is 2. The quantitative estimate of drug-likeness (QED) is 0.926. The summed E-state index contributed by atoms with van der Waals surface area (Å²) >= 11 is 5.89. The number of aryl methyl sites for hydroxylation is 1. The molecule has 1 aromatic carbocycles. The Morgan fingerprint density at radius 1 is 1.42 bits per heavy atom. The third kappa shape index (κ3) is 3.48. The number of piperidine rings is 1. The molecular weight excluding hydrogens is 331 g/mol. The molecule has 1 aliphatic rings. The highest BCUT2D eigenvalue weighted by Gasteiger charge is 2.24. The minimum Gasteiger partial charge on any atom is -0.353 e. The molecule has 1 aliphatic heterocycles. The molecule has 1 saturated heterocycles. The zero-order chi connectivity index (χ0) is 17.1. The lowest BCUT2D eigenvalue weighted by Crippen LogP contribution is -2.48. The number of benzene rings is 1. The summed E-state index contributed by atoms with van der Waals surface area (Å²) in [5, 5.41) is 10.9. The molecular formula is C17H18ClFN4O. The van der Waals surface area contributed by atoms with E-state index in [-0.39, 0.29) is 16.6 Å². The molecule has 0 unspecified atom stereocenters. The Bertz CT molecular complexity index is 741. The maximum absolute atomic E-state index is 14.2. The number of carbonyl (C=O) groups excluding carboxylic acids is 1. The van der Waals surface area contributed by atoms with Crippen molar-refractivity contribution in [2.24, 2.45) is 0 Å². The van der Waals surface area contributed by atoms with Crippen molar-refractivity contribution in [3.05, 3.63) is 52.4 Å². The summed E-state index contributed by atoms with van der Waals surface area (Å²) in [5.74, 6) is -0.336. The highest BCUT2D eigenvalue weighted by Crippen LogP contribution is 2.23. The fourth-order valence-electron chi connectivity index (χ4n) is 2.85. The van der Waals surface area contributed by atoms with Crippen LogP contribution in [0.2, 0.25) is 5.02 Å². The van der Waals surface area contributed by atoms with E-state index in [9.17, 15) is 9.18 Å². The molecule has 1 amide bonds. The third-order valence-corrected chi connectivity index (χ3v) is 4.62. The molecule has 7 heteroatoms. The van der Waals surface area contributed by atoms with Gasteiger partial charge in [-0.05, 0) is 43.5 Å². The number of carbonyl (C=O) groups is 1. The van der Waals surface area contributed by atoms with Gasteiger partial charge in [-0.25, -0.2) is 4.39 Å². The molecule has 1 N–H and O–H groups in total. The number of anilines is 1. The monoisotopic (exact) mass is 348 g/mol. The molecule has 0 bridgehead atoms. The molecule has 0 saturated carbocycles. The average molecular weight is 349 g/mol. The van der Waals surface area contributed by atoms with E-state index >= 15 is 0 Å². The van der Waals surface area contributed by atoms with Gasteiger partial charge in [-0.15, -0.1) is 5.10 Å². The molecule has 0 radical (unpaired) electrons. The molecule has 0 aliphatic carbocycles. The van der Waals surface area contributed by atoms with E-state index < -0.39 is 11.7 Å². The summed E-state index contributed by atoms with van der Waals surface area (Å²) in [6.45, 7) is 3.18. The van der Waals surface area contributed by atoms with E-state index in [1.807, 2.05) is 12.1 Å². The van der Waals surface area contributed by atoms with Crippen molar-refractivity contribution >= 4 is 23.3 Å². The van der Waals surface area contributed by atoms with Gasteiger partial charge in [0.25, 0.3) is 5.91 Å². The van der Waals surface area contributed by atoms with Crippen LogP contribution in [0, 0.1) is 12.7 Å². The van der Waals surface area contributed by atoms with Crippen molar-refractivity contribution in [1.29, 1.82) is 0 Å². The second-order valence-corrected chi connectivity index (χ2v) is 6.28. The van der Waals surface area contributed by atoms with Gasteiger partial charge < -0.3 is 10.2 Å². The SMILES string of the molecule is Cc1ccc(C(=O)N[C@H]2CCCN(c3cccnn3)C2)c(F)c1Cl. The van der Waals surface area contributed by atoms with Gasteiger partial charge in [0.05, 0.1) is 10.6 Å². The van der Waals surface area contributed by atoms with Crippen LogP contribution in [0.1, 0.15) is 28.8 Å². The lowest BCUT2D eigenvalue weighted by molar-refractivity contribution is 0.0929. The second-order valence-electron chi connectivity index (χ2n) is 5.90. The summed E-state index contributed by atoms with van der Waals surface area (Å²) in [7, 11) is 0. The summed E-state index contributed by atoms with van der Waals surface area (Å²) in [5.41, 5.74) is 0.583. The minimum absolute atomic E-state index is 0.00696. The highest BCUT2D eigenvalue weighted by atomic mass is 35.5. The predicted molar refractivity (Wildman–Crippen MR) is 90.9 cm³/mol. The number of nitrogens with one attached hydrogen (secondary N) is 1. The third-order valence-electron chi connectivity index (χ3n) is 4.16. The van der Waals surface area contributed by atoms with Crippen molar-refractivity contribution in [3.63, 3.8) is 0 Å². The fourth-order valence-corrected chi connectivity index (χ4v) is 3.01. The molecule has 2 heterocycles. The Morgan fingerprint density at radius 2 is 2.25 bits per heavy atom. The highest BCUT2D eigenvalue weighted by molar-refractivity contribution is 6.31. The van der Waals surface area contributed by atoms with E-state index in [0.717, 1.165) is 25.2 Å². The standard InChI is InChI=1S/C17H18ClFN4O/c1-11-6-7-13(16(19)15(11)18)17(24)21-12-4-3-9-23(10-12)14-5-2-8-20-22-14/h2,5-8,12H,3-4,9-10H2,1H3,(H,21,24)/t12-/m0/s1. The van der Waals surface area contributed by atoms with Crippen LogP contribution >= 0.6 is 11.6 Å². The predicted octanol–water partition coefficient (Wildman–Crippen LogP) is 2.98. The van der Waals surface area contributed by atoms with Crippen LogP contribution in [0.4, 0.5) is 10.2 Å². The Morgan fingerprint density at radius 3 is 3.00 bits per heavy atom.